The van der Waals surface area contributed by atoms with Gasteiger partial charge in [-0.3, -0.25) is 9.59 Å². The average Bonchev–Trinajstić information content (AvgIpc) is 3.29. The van der Waals surface area contributed by atoms with E-state index in [2.05, 4.69) is 13.8 Å². The predicted octanol–water partition coefficient (Wildman–Crippen LogP) is 5.54. The number of amides is 1. The summed E-state index contributed by atoms with van der Waals surface area (Å²) >= 11 is 0. The molecule has 0 unspecified atom stereocenters. The Morgan fingerprint density at radius 3 is 2.47 bits per heavy atom. The van der Waals surface area contributed by atoms with Gasteiger partial charge < -0.3 is 9.47 Å². The van der Waals surface area contributed by atoms with Crippen LogP contribution in [0.4, 0.5) is 4.39 Å². The summed E-state index contributed by atoms with van der Waals surface area (Å²) < 4.78 is 16.1. The molecule has 1 saturated heterocycles. The smallest absolute Gasteiger partial charge is 0.270 e. The van der Waals surface area contributed by atoms with Crippen molar-refractivity contribution in [3.63, 3.8) is 0 Å². The summed E-state index contributed by atoms with van der Waals surface area (Å²) in [6.07, 6.45) is 3.63. The maximum atomic E-state index is 14.1. The number of hydrogen-bond acceptors (Lipinski definition) is 2. The summed E-state index contributed by atoms with van der Waals surface area (Å²) in [6, 6.07) is 18.2. The van der Waals surface area contributed by atoms with Crippen molar-refractivity contribution in [1.29, 1.82) is 0 Å². The first kappa shape index (κ1) is 22.0. The van der Waals surface area contributed by atoms with E-state index in [1.807, 2.05) is 58.1 Å². The molecule has 0 aliphatic carbocycles. The first-order chi connectivity index (χ1) is 15.4. The van der Waals surface area contributed by atoms with Crippen LogP contribution in [0.5, 0.6) is 0 Å². The SMILES string of the molecule is CC(C)n1cccc1C(=O)N1CCC(C(=O)Cc2cccc(-c3ccccc3F)c2)CC1. The lowest BCUT2D eigenvalue weighted by atomic mass is 9.88. The number of ketones is 1. The monoisotopic (exact) mass is 432 g/mol. The molecule has 0 radical (unpaired) electrons. The standard InChI is InChI=1S/C27H29FN2O2/c1-19(2)30-14-6-11-25(30)27(32)29-15-12-21(13-16-29)26(31)18-20-7-5-8-22(17-20)23-9-3-4-10-24(23)28/h3-11,14,17,19,21H,12-13,15-16,18H2,1-2H3. The van der Waals surface area contributed by atoms with Gasteiger partial charge in [0.1, 0.15) is 17.3 Å². The van der Waals surface area contributed by atoms with Crippen molar-refractivity contribution in [2.24, 2.45) is 5.92 Å². The summed E-state index contributed by atoms with van der Waals surface area (Å²) in [5, 5.41) is 0. The van der Waals surface area contributed by atoms with Gasteiger partial charge in [0.15, 0.2) is 0 Å². The van der Waals surface area contributed by atoms with Crippen LogP contribution in [-0.2, 0) is 11.2 Å². The molecule has 32 heavy (non-hydrogen) atoms. The topological polar surface area (TPSA) is 42.3 Å². The van der Waals surface area contributed by atoms with E-state index in [1.165, 1.54) is 6.07 Å². The molecule has 5 heteroatoms. The molecule has 1 fully saturated rings. The first-order valence-corrected chi connectivity index (χ1v) is 11.3. The highest BCUT2D eigenvalue weighted by Gasteiger charge is 2.29. The fraction of sp³-hybridized carbons (Fsp3) is 0.333. The molecule has 0 spiro atoms. The molecule has 3 aromatic rings. The van der Waals surface area contributed by atoms with Crippen LogP contribution in [0.25, 0.3) is 11.1 Å². The first-order valence-electron chi connectivity index (χ1n) is 11.3. The van der Waals surface area contributed by atoms with Gasteiger partial charge in [-0.25, -0.2) is 4.39 Å². The second-order valence-corrected chi connectivity index (χ2v) is 8.78. The van der Waals surface area contributed by atoms with E-state index in [9.17, 15) is 14.0 Å². The number of rotatable bonds is 6. The third-order valence-corrected chi connectivity index (χ3v) is 6.28. The zero-order valence-corrected chi connectivity index (χ0v) is 18.6. The third kappa shape index (κ3) is 4.67. The van der Waals surface area contributed by atoms with Crippen molar-refractivity contribution in [3.8, 4) is 11.1 Å². The number of Topliss-reactive ketones (excluding diaryl/α,β-unsaturated/α-hetero) is 1. The highest BCUT2D eigenvalue weighted by Crippen LogP contribution is 2.26. The number of likely N-dealkylation sites (tertiary alicyclic amines) is 1. The number of aromatic nitrogens is 1. The van der Waals surface area contributed by atoms with Crippen molar-refractivity contribution in [1.82, 2.24) is 9.47 Å². The van der Waals surface area contributed by atoms with Crippen LogP contribution in [0.15, 0.2) is 66.9 Å². The lowest BCUT2D eigenvalue weighted by Gasteiger charge is -2.32. The molecule has 1 amide bonds. The molecular formula is C27H29FN2O2. The Morgan fingerprint density at radius 2 is 1.75 bits per heavy atom. The minimum atomic E-state index is -0.267. The number of nitrogens with zero attached hydrogens (tertiary/aromatic N) is 2. The molecule has 166 valence electrons. The van der Waals surface area contributed by atoms with Crippen molar-refractivity contribution in [2.75, 3.05) is 13.1 Å². The fourth-order valence-electron chi connectivity index (χ4n) is 4.48. The van der Waals surface area contributed by atoms with Gasteiger partial charge in [0.25, 0.3) is 5.91 Å². The van der Waals surface area contributed by atoms with Gasteiger partial charge >= 0.3 is 0 Å². The minimum Gasteiger partial charge on any atom is -0.341 e. The Bertz CT molecular complexity index is 1110. The Morgan fingerprint density at radius 1 is 1.00 bits per heavy atom. The van der Waals surface area contributed by atoms with Crippen LogP contribution in [0, 0.1) is 11.7 Å². The van der Waals surface area contributed by atoms with Crippen LogP contribution in [0.3, 0.4) is 0 Å². The molecule has 1 aromatic heterocycles. The van der Waals surface area contributed by atoms with Gasteiger partial charge in [0.2, 0.25) is 0 Å². The number of carbonyl (C=O) groups is 2. The minimum absolute atomic E-state index is 0.0344. The highest BCUT2D eigenvalue weighted by atomic mass is 19.1. The van der Waals surface area contributed by atoms with E-state index in [1.54, 1.807) is 12.1 Å². The van der Waals surface area contributed by atoms with Gasteiger partial charge in [-0.05, 0) is 56.0 Å². The number of hydrogen-bond donors (Lipinski definition) is 0. The molecule has 0 N–H and O–H groups in total. The summed E-state index contributed by atoms with van der Waals surface area (Å²) in [5.41, 5.74) is 2.92. The van der Waals surface area contributed by atoms with Crippen LogP contribution < -0.4 is 0 Å². The summed E-state index contributed by atoms with van der Waals surface area (Å²) in [4.78, 5) is 27.8. The quantitative estimate of drug-likeness (QED) is 0.513. The van der Waals surface area contributed by atoms with Gasteiger partial charge in [0, 0.05) is 43.2 Å². The summed E-state index contributed by atoms with van der Waals surface area (Å²) in [6.45, 7) is 5.30. The van der Waals surface area contributed by atoms with Gasteiger partial charge in [-0.2, -0.15) is 0 Å². The zero-order valence-electron chi connectivity index (χ0n) is 18.6. The maximum Gasteiger partial charge on any atom is 0.270 e. The average molecular weight is 433 g/mol. The lowest BCUT2D eigenvalue weighted by Crippen LogP contribution is -2.41. The van der Waals surface area contributed by atoms with Crippen LogP contribution >= 0.6 is 0 Å². The molecule has 2 aromatic carbocycles. The van der Waals surface area contributed by atoms with Gasteiger partial charge in [-0.1, -0.05) is 42.5 Å². The number of halogens is 1. The van der Waals surface area contributed by atoms with Crippen molar-refractivity contribution in [2.45, 2.75) is 39.2 Å². The number of carbonyl (C=O) groups excluding carboxylic acids is 2. The summed E-state index contributed by atoms with van der Waals surface area (Å²) in [7, 11) is 0. The van der Waals surface area contributed by atoms with Crippen molar-refractivity contribution in [3.05, 3.63) is 83.9 Å². The fourth-order valence-corrected chi connectivity index (χ4v) is 4.48. The van der Waals surface area contributed by atoms with Crippen LogP contribution in [0.1, 0.15) is 48.8 Å². The Labute approximate surface area is 188 Å². The van der Waals surface area contributed by atoms with Crippen molar-refractivity contribution >= 4 is 11.7 Å². The number of benzene rings is 2. The second-order valence-electron chi connectivity index (χ2n) is 8.78. The molecule has 0 atom stereocenters. The van der Waals surface area contributed by atoms with E-state index in [0.717, 1.165) is 11.1 Å². The lowest BCUT2D eigenvalue weighted by molar-refractivity contribution is -0.123. The summed E-state index contributed by atoms with van der Waals surface area (Å²) in [5.74, 6) is -0.0924. The predicted molar refractivity (Wildman–Crippen MR) is 124 cm³/mol. The Balaban J connectivity index is 1.37. The van der Waals surface area contributed by atoms with E-state index >= 15 is 0 Å². The zero-order chi connectivity index (χ0) is 22.7. The van der Waals surface area contributed by atoms with Crippen molar-refractivity contribution < 1.29 is 14.0 Å². The van der Waals surface area contributed by atoms with E-state index in [0.29, 0.717) is 43.6 Å². The Hall–Kier alpha value is -3.21. The van der Waals surface area contributed by atoms with E-state index in [-0.39, 0.29) is 29.5 Å². The largest absolute Gasteiger partial charge is 0.341 e. The maximum absolute atomic E-state index is 14.1. The van der Waals surface area contributed by atoms with Gasteiger partial charge in [0.05, 0.1) is 0 Å². The molecule has 1 aliphatic heterocycles. The normalized spacial score (nSPS) is 14.7. The molecule has 0 bridgehead atoms. The highest BCUT2D eigenvalue weighted by molar-refractivity contribution is 5.93. The molecule has 0 saturated carbocycles. The van der Waals surface area contributed by atoms with Crippen LogP contribution in [0.2, 0.25) is 0 Å². The van der Waals surface area contributed by atoms with Crippen LogP contribution in [-0.4, -0.2) is 34.2 Å². The molecule has 4 nitrogen and oxygen atoms in total. The Kier molecular flexibility index (Phi) is 6.54. The second kappa shape index (κ2) is 9.51. The van der Waals surface area contributed by atoms with E-state index in [4.69, 9.17) is 0 Å². The third-order valence-electron chi connectivity index (χ3n) is 6.28. The molecular weight excluding hydrogens is 403 g/mol. The molecule has 2 heterocycles. The van der Waals surface area contributed by atoms with E-state index < -0.39 is 0 Å². The number of piperidine rings is 1. The van der Waals surface area contributed by atoms with Gasteiger partial charge in [-0.15, -0.1) is 0 Å². The molecule has 4 rings (SSSR count). The molecule has 1 aliphatic rings.